The molecule has 0 spiro atoms. The Balaban J connectivity index is 2.08. The zero-order valence-corrected chi connectivity index (χ0v) is 26.3. The maximum Gasteiger partial charge on any atom is 0.244 e. The van der Waals surface area contributed by atoms with Crippen LogP contribution >= 0.6 is 34.8 Å². The highest BCUT2D eigenvalue weighted by Gasteiger charge is 2.33. The Bertz CT molecular complexity index is 1470. The average molecular weight is 639 g/mol. The molecule has 3 rings (SSSR count). The number of hydrogen-bond donors (Lipinski definition) is 1. The summed E-state index contributed by atoms with van der Waals surface area (Å²) in [6.45, 7) is 3.63. The minimum absolute atomic E-state index is 0.000546. The first-order chi connectivity index (χ1) is 19.4. The largest absolute Gasteiger partial charge is 0.354 e. The summed E-state index contributed by atoms with van der Waals surface area (Å²) in [5, 5.41) is 3.97. The van der Waals surface area contributed by atoms with Gasteiger partial charge in [-0.25, -0.2) is 8.42 Å². The molecular formula is C30H34Cl3N3O4S. The molecule has 1 atom stereocenters. The molecule has 0 aromatic heterocycles. The van der Waals surface area contributed by atoms with E-state index < -0.39 is 28.5 Å². The molecule has 0 saturated heterocycles. The van der Waals surface area contributed by atoms with E-state index in [4.69, 9.17) is 34.8 Å². The van der Waals surface area contributed by atoms with Gasteiger partial charge < -0.3 is 10.2 Å². The van der Waals surface area contributed by atoms with Crippen LogP contribution in [0.5, 0.6) is 0 Å². The molecule has 41 heavy (non-hydrogen) atoms. The summed E-state index contributed by atoms with van der Waals surface area (Å²) in [5.74, 6) is -0.895. The molecule has 0 saturated carbocycles. The summed E-state index contributed by atoms with van der Waals surface area (Å²) < 4.78 is 26.9. The van der Waals surface area contributed by atoms with Crippen molar-refractivity contribution in [1.29, 1.82) is 0 Å². The number of nitrogens with one attached hydrogen (secondary N) is 1. The highest BCUT2D eigenvalue weighted by molar-refractivity contribution is 7.92. The number of anilines is 1. The second kappa shape index (κ2) is 14.9. The van der Waals surface area contributed by atoms with Gasteiger partial charge in [-0.05, 0) is 54.3 Å². The van der Waals surface area contributed by atoms with E-state index in [1.54, 1.807) is 43.3 Å². The second-order valence-electron chi connectivity index (χ2n) is 9.77. The van der Waals surface area contributed by atoms with Gasteiger partial charge in [-0.2, -0.15) is 0 Å². The molecule has 0 radical (unpaired) electrons. The van der Waals surface area contributed by atoms with Crippen LogP contribution in [0, 0.1) is 6.92 Å². The van der Waals surface area contributed by atoms with E-state index in [1.165, 1.54) is 4.90 Å². The lowest BCUT2D eigenvalue weighted by Gasteiger charge is -2.34. The number of sulfonamides is 1. The van der Waals surface area contributed by atoms with Gasteiger partial charge in [-0.15, -0.1) is 0 Å². The van der Waals surface area contributed by atoms with Gasteiger partial charge in [0, 0.05) is 24.5 Å². The van der Waals surface area contributed by atoms with E-state index in [9.17, 15) is 18.0 Å². The minimum Gasteiger partial charge on any atom is -0.354 e. The van der Waals surface area contributed by atoms with Crippen LogP contribution in [0.2, 0.25) is 15.1 Å². The maximum absolute atomic E-state index is 14.1. The molecule has 0 fully saturated rings. The molecule has 7 nitrogen and oxygen atoms in total. The van der Waals surface area contributed by atoms with Gasteiger partial charge >= 0.3 is 0 Å². The Morgan fingerprint density at radius 3 is 2.24 bits per heavy atom. The van der Waals surface area contributed by atoms with Crippen molar-refractivity contribution in [3.05, 3.63) is 98.5 Å². The molecule has 220 valence electrons. The number of amides is 2. The quantitative estimate of drug-likeness (QED) is 0.223. The van der Waals surface area contributed by atoms with E-state index >= 15 is 0 Å². The van der Waals surface area contributed by atoms with Gasteiger partial charge in [0.05, 0.1) is 22.0 Å². The summed E-state index contributed by atoms with van der Waals surface area (Å²) in [6.07, 6.45) is 2.92. The monoisotopic (exact) mass is 637 g/mol. The third-order valence-corrected chi connectivity index (χ3v) is 8.90. The Morgan fingerprint density at radius 1 is 0.902 bits per heavy atom. The highest BCUT2D eigenvalue weighted by atomic mass is 35.5. The van der Waals surface area contributed by atoms with Gasteiger partial charge in [0.2, 0.25) is 21.8 Å². The second-order valence-corrected chi connectivity index (χ2v) is 12.9. The molecule has 0 aliphatic rings. The van der Waals surface area contributed by atoms with Crippen molar-refractivity contribution in [2.24, 2.45) is 0 Å². The Kier molecular flexibility index (Phi) is 11.9. The number of nitrogens with zero attached hydrogens (tertiary/aromatic N) is 2. The summed E-state index contributed by atoms with van der Waals surface area (Å²) in [4.78, 5) is 29.2. The van der Waals surface area contributed by atoms with Crippen LogP contribution in [0.4, 0.5) is 5.69 Å². The Hall–Kier alpha value is -2.78. The maximum atomic E-state index is 14.1. The molecule has 0 aliphatic carbocycles. The van der Waals surface area contributed by atoms with Crippen molar-refractivity contribution in [3.63, 3.8) is 0 Å². The fraction of sp³-hybridized carbons (Fsp3) is 0.333. The lowest BCUT2D eigenvalue weighted by molar-refractivity contribution is -0.140. The van der Waals surface area contributed by atoms with Crippen LogP contribution in [0.15, 0.2) is 66.7 Å². The summed E-state index contributed by atoms with van der Waals surface area (Å²) in [7, 11) is -3.91. The zero-order valence-electron chi connectivity index (χ0n) is 23.2. The normalized spacial score (nSPS) is 12.0. The number of carbonyl (C=O) groups excluding carboxylic acids is 2. The molecule has 3 aromatic carbocycles. The molecular weight excluding hydrogens is 605 g/mol. The zero-order chi connectivity index (χ0) is 30.2. The van der Waals surface area contributed by atoms with Crippen LogP contribution in [-0.2, 0) is 32.6 Å². The average Bonchev–Trinajstić information content (AvgIpc) is 2.93. The predicted molar refractivity (Wildman–Crippen MR) is 167 cm³/mol. The number of hydrogen-bond acceptors (Lipinski definition) is 4. The number of rotatable bonds is 13. The number of carbonyl (C=O) groups is 2. The molecule has 0 unspecified atom stereocenters. The number of halogens is 3. The number of unbranched alkanes of at least 4 members (excludes halogenated alkanes) is 1. The molecule has 0 heterocycles. The molecule has 0 aliphatic heterocycles. The van der Waals surface area contributed by atoms with E-state index in [1.807, 2.05) is 37.3 Å². The van der Waals surface area contributed by atoms with Crippen molar-refractivity contribution in [2.45, 2.75) is 45.7 Å². The topological polar surface area (TPSA) is 86.8 Å². The van der Waals surface area contributed by atoms with Crippen molar-refractivity contribution in [2.75, 3.05) is 23.7 Å². The smallest absolute Gasteiger partial charge is 0.244 e. The van der Waals surface area contributed by atoms with Crippen LogP contribution in [0.25, 0.3) is 0 Å². The first kappa shape index (κ1) is 32.7. The van der Waals surface area contributed by atoms with Gasteiger partial charge in [0.15, 0.2) is 0 Å². The van der Waals surface area contributed by atoms with Crippen LogP contribution in [0.1, 0.15) is 36.5 Å². The van der Waals surface area contributed by atoms with Gasteiger partial charge in [-0.1, -0.05) is 90.6 Å². The van der Waals surface area contributed by atoms with Crippen LogP contribution < -0.4 is 9.62 Å². The first-order valence-corrected chi connectivity index (χ1v) is 16.2. The summed E-state index contributed by atoms with van der Waals surface area (Å²) in [5.41, 5.74) is 2.29. The Labute approximate surface area is 257 Å². The van der Waals surface area contributed by atoms with Crippen molar-refractivity contribution in [3.8, 4) is 0 Å². The minimum atomic E-state index is -3.91. The molecule has 11 heteroatoms. The SMILES string of the molecule is CCCCNC(=O)[C@H](Cc1ccccc1)N(Cc1ccc(Cl)c(Cl)c1)C(=O)CN(c1cccc(Cl)c1C)S(C)(=O)=O. The third-order valence-electron chi connectivity index (χ3n) is 6.62. The first-order valence-electron chi connectivity index (χ1n) is 13.2. The van der Waals surface area contributed by atoms with Crippen LogP contribution in [0.3, 0.4) is 0 Å². The molecule has 2 amide bonds. The van der Waals surface area contributed by atoms with E-state index in [2.05, 4.69) is 5.32 Å². The van der Waals surface area contributed by atoms with Gasteiger partial charge in [0.25, 0.3) is 0 Å². The van der Waals surface area contributed by atoms with Crippen molar-refractivity contribution >= 4 is 62.3 Å². The highest BCUT2D eigenvalue weighted by Crippen LogP contribution is 2.29. The molecule has 0 bridgehead atoms. The lowest BCUT2D eigenvalue weighted by atomic mass is 10.0. The molecule has 3 aromatic rings. The Morgan fingerprint density at radius 2 is 1.61 bits per heavy atom. The van der Waals surface area contributed by atoms with E-state index in [0.717, 1.165) is 29.0 Å². The van der Waals surface area contributed by atoms with Gasteiger partial charge in [-0.3, -0.25) is 13.9 Å². The van der Waals surface area contributed by atoms with Crippen LogP contribution in [-0.4, -0.2) is 50.5 Å². The van der Waals surface area contributed by atoms with Crippen molar-refractivity contribution < 1.29 is 18.0 Å². The molecule has 1 N–H and O–H groups in total. The van der Waals surface area contributed by atoms with Gasteiger partial charge in [0.1, 0.15) is 12.6 Å². The van der Waals surface area contributed by atoms with Crippen molar-refractivity contribution in [1.82, 2.24) is 10.2 Å². The fourth-order valence-corrected chi connectivity index (χ4v) is 5.75. The summed E-state index contributed by atoms with van der Waals surface area (Å²) in [6, 6.07) is 18.3. The summed E-state index contributed by atoms with van der Waals surface area (Å²) >= 11 is 18.7. The fourth-order valence-electron chi connectivity index (χ4n) is 4.36. The van der Waals surface area contributed by atoms with E-state index in [0.29, 0.717) is 32.7 Å². The number of benzene rings is 3. The standard InChI is InChI=1S/C30H34Cl3N3O4S/c1-4-5-16-34-30(38)28(18-22-10-7-6-8-11-22)35(19-23-14-15-25(32)26(33)17-23)29(37)20-36(41(3,39)40)27-13-9-12-24(31)21(27)2/h6-15,17,28H,4-5,16,18-20H2,1-3H3,(H,34,38)/t28-/m0/s1. The lowest BCUT2D eigenvalue weighted by Crippen LogP contribution is -2.53. The predicted octanol–water partition coefficient (Wildman–Crippen LogP) is 6.28. The van der Waals surface area contributed by atoms with E-state index in [-0.39, 0.29) is 24.6 Å². The third kappa shape index (κ3) is 9.10.